The van der Waals surface area contributed by atoms with Gasteiger partial charge in [0.05, 0.1) is 10.9 Å². The second-order valence-corrected chi connectivity index (χ2v) is 8.56. The molecule has 1 aromatic rings. The Morgan fingerprint density at radius 3 is 2.79 bits per heavy atom. The summed E-state index contributed by atoms with van der Waals surface area (Å²) >= 11 is 6.17. The van der Waals surface area contributed by atoms with Crippen molar-refractivity contribution in [3.05, 3.63) is 15.6 Å². The number of aromatic nitrogens is 1. The third-order valence-corrected chi connectivity index (χ3v) is 7.96. The fourth-order valence-electron chi connectivity index (χ4n) is 2.25. The summed E-state index contributed by atoms with van der Waals surface area (Å²) in [5, 5.41) is 6.22. The maximum Gasteiger partial charge on any atom is 0.107 e. The molecule has 19 heavy (non-hydrogen) atoms. The van der Waals surface area contributed by atoms with E-state index >= 15 is 0 Å². The fourth-order valence-corrected chi connectivity index (χ4v) is 6.70. The molecule has 0 bridgehead atoms. The van der Waals surface area contributed by atoms with E-state index in [-0.39, 0.29) is 0 Å². The third-order valence-electron chi connectivity index (χ3n) is 3.32. The normalized spacial score (nSPS) is 23.7. The van der Waals surface area contributed by atoms with E-state index in [1.54, 1.807) is 0 Å². The fraction of sp³-hybridized carbons (Fsp3) is 0.786. The van der Waals surface area contributed by atoms with E-state index in [9.17, 15) is 0 Å². The van der Waals surface area contributed by atoms with Gasteiger partial charge in [-0.15, -0.1) is 23.1 Å². The summed E-state index contributed by atoms with van der Waals surface area (Å²) in [5.74, 6) is 2.57. The lowest BCUT2D eigenvalue weighted by Crippen LogP contribution is -2.18. The van der Waals surface area contributed by atoms with Crippen LogP contribution in [0.3, 0.4) is 0 Å². The summed E-state index contributed by atoms with van der Waals surface area (Å²) < 4.78 is 0. The molecule has 2 unspecified atom stereocenters. The van der Waals surface area contributed by atoms with E-state index < -0.39 is 0 Å². The monoisotopic (exact) mass is 316 g/mol. The third kappa shape index (κ3) is 4.13. The Balaban J connectivity index is 2.05. The largest absolute Gasteiger partial charge is 0.312 e. The van der Waals surface area contributed by atoms with Gasteiger partial charge in [0, 0.05) is 28.2 Å². The molecule has 5 heteroatoms. The van der Waals surface area contributed by atoms with Crippen molar-refractivity contribution in [3.63, 3.8) is 0 Å². The maximum atomic E-state index is 4.86. The molecule has 1 aliphatic rings. The lowest BCUT2D eigenvalue weighted by Gasteiger charge is -2.28. The number of nitrogens with one attached hydrogen (secondary N) is 1. The minimum atomic E-state index is 0.618. The van der Waals surface area contributed by atoms with Crippen molar-refractivity contribution in [2.24, 2.45) is 0 Å². The molecule has 0 radical (unpaired) electrons. The Hall–Kier alpha value is 0.290. The highest BCUT2D eigenvalue weighted by molar-refractivity contribution is 8.06. The molecule has 2 heterocycles. The molecule has 0 aromatic carbocycles. The van der Waals surface area contributed by atoms with Crippen LogP contribution < -0.4 is 5.32 Å². The smallest absolute Gasteiger partial charge is 0.107 e. The molecule has 1 N–H and O–H groups in total. The van der Waals surface area contributed by atoms with E-state index in [4.69, 9.17) is 4.98 Å². The molecule has 0 amide bonds. The van der Waals surface area contributed by atoms with Gasteiger partial charge in [0.15, 0.2) is 0 Å². The Morgan fingerprint density at radius 2 is 2.05 bits per heavy atom. The summed E-state index contributed by atoms with van der Waals surface area (Å²) in [7, 11) is 0. The quantitative estimate of drug-likeness (QED) is 0.793. The second kappa shape index (κ2) is 7.91. The zero-order valence-corrected chi connectivity index (χ0v) is 14.5. The van der Waals surface area contributed by atoms with Gasteiger partial charge in [0.25, 0.3) is 0 Å². The average molecular weight is 317 g/mol. The van der Waals surface area contributed by atoms with Gasteiger partial charge < -0.3 is 5.32 Å². The van der Waals surface area contributed by atoms with E-state index in [1.807, 2.05) is 11.3 Å². The number of aryl methyl sites for hydroxylation is 1. The van der Waals surface area contributed by atoms with Gasteiger partial charge in [-0.25, -0.2) is 4.98 Å². The molecule has 1 fully saturated rings. The van der Waals surface area contributed by atoms with Gasteiger partial charge in [0.1, 0.15) is 5.01 Å². The van der Waals surface area contributed by atoms with Crippen LogP contribution in [0.4, 0.5) is 0 Å². The average Bonchev–Trinajstić information content (AvgIpc) is 2.80. The number of hydrogen-bond acceptors (Lipinski definition) is 5. The highest BCUT2D eigenvalue weighted by atomic mass is 32.2. The molecule has 2 atom stereocenters. The molecule has 2 nitrogen and oxygen atoms in total. The van der Waals surface area contributed by atoms with Gasteiger partial charge in [0.2, 0.25) is 0 Å². The summed E-state index contributed by atoms with van der Waals surface area (Å²) in [5.41, 5.74) is 1.23. The molecule has 108 valence electrons. The predicted molar refractivity (Wildman–Crippen MR) is 90.6 cm³/mol. The van der Waals surface area contributed by atoms with E-state index in [1.165, 1.54) is 39.9 Å². The number of thioether (sulfide) groups is 2. The van der Waals surface area contributed by atoms with E-state index in [2.05, 4.69) is 49.6 Å². The molecule has 1 aromatic heterocycles. The molecule has 0 saturated carbocycles. The molecule has 1 aliphatic heterocycles. The zero-order chi connectivity index (χ0) is 13.7. The van der Waals surface area contributed by atoms with Crippen molar-refractivity contribution in [1.82, 2.24) is 10.3 Å². The van der Waals surface area contributed by atoms with Crippen LogP contribution in [0.25, 0.3) is 0 Å². The summed E-state index contributed by atoms with van der Waals surface area (Å²) in [4.78, 5) is 6.28. The van der Waals surface area contributed by atoms with Crippen molar-refractivity contribution < 1.29 is 0 Å². The first-order valence-electron chi connectivity index (χ1n) is 7.16. The first-order valence-corrected chi connectivity index (χ1v) is 10.1. The van der Waals surface area contributed by atoms with Crippen molar-refractivity contribution in [2.45, 2.75) is 50.7 Å². The lowest BCUT2D eigenvalue weighted by atomic mass is 10.2. The SMILES string of the molecule is CCCNCc1sc(C2SCCSC2CC)nc1C. The van der Waals surface area contributed by atoms with Gasteiger partial charge in [-0.05, 0) is 26.3 Å². The maximum absolute atomic E-state index is 4.86. The Morgan fingerprint density at radius 1 is 1.26 bits per heavy atom. The summed E-state index contributed by atoms with van der Waals surface area (Å²) in [6, 6.07) is 0. The van der Waals surface area contributed by atoms with E-state index in [0.717, 1.165) is 18.3 Å². The van der Waals surface area contributed by atoms with Crippen LogP contribution in [-0.2, 0) is 6.54 Å². The lowest BCUT2D eigenvalue weighted by molar-refractivity contribution is 0.678. The minimum Gasteiger partial charge on any atom is -0.312 e. The van der Waals surface area contributed by atoms with Crippen LogP contribution in [0.15, 0.2) is 0 Å². The van der Waals surface area contributed by atoms with Gasteiger partial charge in [-0.1, -0.05) is 13.8 Å². The van der Waals surface area contributed by atoms with Gasteiger partial charge >= 0.3 is 0 Å². The number of rotatable bonds is 6. The number of hydrogen-bond donors (Lipinski definition) is 1. The van der Waals surface area contributed by atoms with Gasteiger partial charge in [-0.3, -0.25) is 0 Å². The summed E-state index contributed by atoms with van der Waals surface area (Å²) in [6.07, 6.45) is 2.45. The Labute approximate surface area is 129 Å². The highest BCUT2D eigenvalue weighted by Crippen LogP contribution is 2.45. The van der Waals surface area contributed by atoms with Crippen molar-refractivity contribution in [1.29, 1.82) is 0 Å². The first kappa shape index (κ1) is 15.7. The van der Waals surface area contributed by atoms with Crippen LogP contribution >= 0.6 is 34.9 Å². The van der Waals surface area contributed by atoms with Crippen LogP contribution in [0.2, 0.25) is 0 Å². The number of nitrogens with zero attached hydrogens (tertiary/aromatic N) is 1. The second-order valence-electron chi connectivity index (χ2n) is 4.85. The van der Waals surface area contributed by atoms with Crippen molar-refractivity contribution >= 4 is 34.9 Å². The first-order chi connectivity index (χ1) is 9.26. The topological polar surface area (TPSA) is 24.9 Å². The predicted octanol–water partition coefficient (Wildman–Crippen LogP) is 4.25. The van der Waals surface area contributed by atoms with Crippen LogP contribution in [0.5, 0.6) is 0 Å². The molecule has 2 rings (SSSR count). The number of thiazole rings is 1. The van der Waals surface area contributed by atoms with E-state index in [0.29, 0.717) is 5.25 Å². The Kier molecular flexibility index (Phi) is 6.53. The van der Waals surface area contributed by atoms with Crippen LogP contribution in [0, 0.1) is 6.92 Å². The highest BCUT2D eigenvalue weighted by Gasteiger charge is 2.29. The molecular formula is C14H24N2S3. The molecule has 0 spiro atoms. The van der Waals surface area contributed by atoms with Crippen LogP contribution in [-0.4, -0.2) is 28.3 Å². The van der Waals surface area contributed by atoms with Crippen molar-refractivity contribution in [2.75, 3.05) is 18.1 Å². The molecule has 1 saturated heterocycles. The Bertz CT molecular complexity index is 392. The molecule has 0 aliphatic carbocycles. The van der Waals surface area contributed by atoms with Crippen molar-refractivity contribution in [3.8, 4) is 0 Å². The minimum absolute atomic E-state index is 0.618. The molecular weight excluding hydrogens is 292 g/mol. The van der Waals surface area contributed by atoms with Crippen LogP contribution in [0.1, 0.15) is 47.5 Å². The zero-order valence-electron chi connectivity index (χ0n) is 12.1. The van der Waals surface area contributed by atoms with Gasteiger partial charge in [-0.2, -0.15) is 11.8 Å². The summed E-state index contributed by atoms with van der Waals surface area (Å²) in [6.45, 7) is 8.75. The standard InChI is InChI=1S/C14H24N2S3/c1-4-6-15-9-12-10(3)16-14(19-12)13-11(5-2)17-7-8-18-13/h11,13,15H,4-9H2,1-3H3.